The molecule has 0 radical (unpaired) electrons. The van der Waals surface area contributed by atoms with Crippen LogP contribution >= 0.6 is 11.6 Å². The summed E-state index contributed by atoms with van der Waals surface area (Å²) in [7, 11) is -2.81. The molecule has 1 amide bonds. The Morgan fingerprint density at radius 2 is 1.79 bits per heavy atom. The molecule has 156 valence electrons. The molecule has 0 fully saturated rings. The number of sulfonamides is 1. The van der Waals surface area contributed by atoms with Crippen LogP contribution in [0.4, 0.5) is 14.5 Å². The highest BCUT2D eigenvalue weighted by molar-refractivity contribution is 7.89. The number of nitrogens with zero attached hydrogens (tertiary/aromatic N) is 1. The lowest BCUT2D eigenvalue weighted by molar-refractivity contribution is -0.153. The van der Waals surface area contributed by atoms with Crippen molar-refractivity contribution in [2.75, 3.05) is 18.9 Å². The van der Waals surface area contributed by atoms with Gasteiger partial charge in [0.2, 0.25) is 10.0 Å². The zero-order valence-corrected chi connectivity index (χ0v) is 16.9. The van der Waals surface area contributed by atoms with Crippen LogP contribution in [-0.4, -0.2) is 44.3 Å². The second kappa shape index (κ2) is 9.29. The average Bonchev–Trinajstić information content (AvgIpc) is 2.64. The maximum atomic E-state index is 13.6. The second-order valence-electron chi connectivity index (χ2n) is 5.96. The Morgan fingerprint density at radius 1 is 1.17 bits per heavy atom. The van der Waals surface area contributed by atoms with E-state index < -0.39 is 46.2 Å². The number of likely N-dealkylation sites (N-methyl/N-ethyl adjacent to an activating group) is 1. The topological polar surface area (TPSA) is 92.8 Å². The van der Waals surface area contributed by atoms with Crippen molar-refractivity contribution in [3.8, 4) is 0 Å². The summed E-state index contributed by atoms with van der Waals surface area (Å²) in [5.41, 5.74) is -0.290. The van der Waals surface area contributed by atoms with Crippen molar-refractivity contribution in [1.29, 1.82) is 0 Å². The van der Waals surface area contributed by atoms with Crippen LogP contribution in [0.1, 0.15) is 6.92 Å². The third-order valence-electron chi connectivity index (χ3n) is 3.74. The lowest BCUT2D eigenvalue weighted by Gasteiger charge is -2.18. The number of nitrogens with one attached hydrogen (secondary N) is 1. The molecule has 0 aliphatic heterocycles. The first-order valence-electron chi connectivity index (χ1n) is 8.18. The zero-order chi connectivity index (χ0) is 21.8. The number of hydrogen-bond donors (Lipinski definition) is 1. The molecule has 0 saturated heterocycles. The quantitative estimate of drug-likeness (QED) is 0.660. The van der Waals surface area contributed by atoms with Gasteiger partial charge in [-0.1, -0.05) is 11.6 Å². The molecule has 29 heavy (non-hydrogen) atoms. The Morgan fingerprint density at radius 3 is 2.38 bits per heavy atom. The van der Waals surface area contributed by atoms with Crippen molar-refractivity contribution in [3.63, 3.8) is 0 Å². The van der Waals surface area contributed by atoms with E-state index in [4.69, 9.17) is 16.3 Å². The van der Waals surface area contributed by atoms with Crippen molar-refractivity contribution in [3.05, 3.63) is 59.1 Å². The van der Waals surface area contributed by atoms with Gasteiger partial charge in [-0.05, 0) is 43.3 Å². The van der Waals surface area contributed by atoms with Gasteiger partial charge in [0.1, 0.15) is 18.2 Å². The van der Waals surface area contributed by atoms with Crippen LogP contribution in [0.15, 0.2) is 47.4 Å². The van der Waals surface area contributed by atoms with E-state index in [9.17, 15) is 26.8 Å². The molecule has 0 aromatic heterocycles. The summed E-state index contributed by atoms with van der Waals surface area (Å²) in [6.45, 7) is 0.565. The Bertz CT molecular complexity index is 1020. The van der Waals surface area contributed by atoms with Crippen LogP contribution in [0.3, 0.4) is 0 Å². The third-order valence-corrected chi connectivity index (χ3v) is 5.81. The van der Waals surface area contributed by atoms with Crippen LogP contribution in [0.5, 0.6) is 0 Å². The summed E-state index contributed by atoms with van der Waals surface area (Å²) in [6, 6.07) is 7.90. The number of benzene rings is 2. The highest BCUT2D eigenvalue weighted by Crippen LogP contribution is 2.18. The summed E-state index contributed by atoms with van der Waals surface area (Å²) in [4.78, 5) is 24.0. The number of hydrogen-bond acceptors (Lipinski definition) is 5. The molecular formula is C18H17ClF2N2O5S. The number of amides is 1. The molecule has 1 unspecified atom stereocenters. The molecule has 11 heteroatoms. The monoisotopic (exact) mass is 446 g/mol. The largest absolute Gasteiger partial charge is 0.452 e. The molecule has 2 rings (SSSR count). The minimum Gasteiger partial charge on any atom is -0.452 e. The number of halogens is 3. The zero-order valence-electron chi connectivity index (χ0n) is 15.4. The molecular weight excluding hydrogens is 430 g/mol. The van der Waals surface area contributed by atoms with Gasteiger partial charge in [0.25, 0.3) is 5.91 Å². The molecule has 1 atom stereocenters. The van der Waals surface area contributed by atoms with Crippen LogP contribution in [0.2, 0.25) is 5.02 Å². The molecule has 0 bridgehead atoms. The first-order chi connectivity index (χ1) is 13.5. The first-order valence-corrected chi connectivity index (χ1v) is 10.00. The van der Waals surface area contributed by atoms with Crippen LogP contribution in [-0.2, 0) is 24.3 Å². The average molecular weight is 447 g/mol. The van der Waals surface area contributed by atoms with Gasteiger partial charge in [-0.3, -0.25) is 9.59 Å². The number of carbonyl (C=O) groups is 2. The van der Waals surface area contributed by atoms with Crippen LogP contribution in [0.25, 0.3) is 0 Å². The number of rotatable bonds is 7. The van der Waals surface area contributed by atoms with E-state index >= 15 is 0 Å². The van der Waals surface area contributed by atoms with Gasteiger partial charge in [-0.15, -0.1) is 0 Å². The Kier molecular flexibility index (Phi) is 7.28. The van der Waals surface area contributed by atoms with Crippen molar-refractivity contribution >= 4 is 39.2 Å². The van der Waals surface area contributed by atoms with Crippen molar-refractivity contribution in [2.45, 2.75) is 17.9 Å². The van der Waals surface area contributed by atoms with E-state index in [0.717, 1.165) is 16.4 Å². The van der Waals surface area contributed by atoms with Crippen molar-refractivity contribution in [1.82, 2.24) is 4.31 Å². The van der Waals surface area contributed by atoms with Gasteiger partial charge >= 0.3 is 5.97 Å². The lowest BCUT2D eigenvalue weighted by atomic mass is 10.2. The summed E-state index contributed by atoms with van der Waals surface area (Å²) < 4.78 is 57.0. The van der Waals surface area contributed by atoms with Gasteiger partial charge in [0.15, 0.2) is 6.10 Å². The fourth-order valence-corrected chi connectivity index (χ4v) is 3.41. The smallest absolute Gasteiger partial charge is 0.322 e. The number of anilines is 1. The van der Waals surface area contributed by atoms with E-state index in [1.165, 1.54) is 38.2 Å². The number of ether oxygens (including phenoxy) is 1. The highest BCUT2D eigenvalue weighted by atomic mass is 35.5. The van der Waals surface area contributed by atoms with E-state index in [-0.39, 0.29) is 10.6 Å². The molecule has 0 aliphatic rings. The fourth-order valence-electron chi connectivity index (χ4n) is 2.17. The van der Waals surface area contributed by atoms with Crippen molar-refractivity contribution in [2.24, 2.45) is 0 Å². The van der Waals surface area contributed by atoms with E-state index in [0.29, 0.717) is 11.1 Å². The van der Waals surface area contributed by atoms with Crippen LogP contribution < -0.4 is 5.32 Å². The number of esters is 1. The molecule has 7 nitrogen and oxygen atoms in total. The molecule has 0 saturated carbocycles. The summed E-state index contributed by atoms with van der Waals surface area (Å²) in [5.74, 6) is -3.67. The summed E-state index contributed by atoms with van der Waals surface area (Å²) >= 11 is 5.73. The van der Waals surface area contributed by atoms with Gasteiger partial charge in [0, 0.05) is 18.1 Å². The third kappa shape index (κ3) is 5.96. The van der Waals surface area contributed by atoms with Crippen molar-refractivity contribution < 1.29 is 31.5 Å². The van der Waals surface area contributed by atoms with Crippen LogP contribution in [0, 0.1) is 11.6 Å². The lowest BCUT2D eigenvalue weighted by Crippen LogP contribution is -2.37. The minimum atomic E-state index is -3.98. The molecule has 2 aromatic rings. The number of carbonyl (C=O) groups excluding carboxylic acids is 2. The molecule has 2 aromatic carbocycles. The molecule has 0 heterocycles. The fraction of sp³-hybridized carbons (Fsp3) is 0.222. The molecule has 0 spiro atoms. The van der Waals surface area contributed by atoms with E-state index in [1.54, 1.807) is 0 Å². The van der Waals surface area contributed by atoms with Gasteiger partial charge < -0.3 is 10.1 Å². The van der Waals surface area contributed by atoms with Gasteiger partial charge in [-0.25, -0.2) is 17.2 Å². The predicted octanol–water partition coefficient (Wildman–Crippen LogP) is 2.81. The standard InChI is InChI=1S/C18H17ClF2N2O5S/c1-11(18(25)22-16-8-5-13(20)9-15(16)21)28-17(24)10-23(2)29(26,27)14-6-3-12(19)4-7-14/h3-9,11H,10H2,1-2H3,(H,22,25). The summed E-state index contributed by atoms with van der Waals surface area (Å²) in [5, 5.41) is 2.51. The van der Waals surface area contributed by atoms with E-state index in [2.05, 4.69) is 5.32 Å². The normalized spacial score (nSPS) is 12.5. The maximum absolute atomic E-state index is 13.6. The molecule has 0 aliphatic carbocycles. The SMILES string of the molecule is CC(OC(=O)CN(C)S(=O)(=O)c1ccc(Cl)cc1)C(=O)Nc1ccc(F)cc1F. The van der Waals surface area contributed by atoms with Gasteiger partial charge in [0.05, 0.1) is 10.6 Å². The van der Waals surface area contributed by atoms with E-state index in [1.807, 2.05) is 0 Å². The predicted molar refractivity (Wildman–Crippen MR) is 102 cm³/mol. The minimum absolute atomic E-state index is 0.0743. The highest BCUT2D eigenvalue weighted by Gasteiger charge is 2.26. The maximum Gasteiger partial charge on any atom is 0.322 e. The Hall–Kier alpha value is -2.56. The Labute approximate surface area is 171 Å². The van der Waals surface area contributed by atoms with Gasteiger partial charge in [-0.2, -0.15) is 4.31 Å². The molecule has 1 N–H and O–H groups in total. The summed E-state index contributed by atoms with van der Waals surface area (Å²) in [6.07, 6.45) is -1.35. The first kappa shape index (κ1) is 22.7. The second-order valence-corrected chi connectivity index (χ2v) is 8.44. The Balaban J connectivity index is 1.96.